The minimum atomic E-state index is 0.00509. The molecule has 1 aliphatic carbocycles. The Hall–Kier alpha value is -1.96. The van der Waals surface area contributed by atoms with E-state index in [1.165, 1.54) is 0 Å². The Labute approximate surface area is 145 Å². The number of carbonyl (C=O) groups is 1. The Balaban J connectivity index is 1.43. The van der Waals surface area contributed by atoms with Crippen molar-refractivity contribution in [2.45, 2.75) is 62.5 Å². The molecule has 1 amide bonds. The van der Waals surface area contributed by atoms with Crippen molar-refractivity contribution in [3.05, 3.63) is 30.1 Å². The van der Waals surface area contributed by atoms with E-state index in [2.05, 4.69) is 25.4 Å². The normalized spacial score (nSPS) is 20.8. The minimum Gasteiger partial charge on any atom is -0.352 e. The van der Waals surface area contributed by atoms with Gasteiger partial charge >= 0.3 is 0 Å². The molecule has 2 aromatic rings. The quantitative estimate of drug-likeness (QED) is 0.832. The summed E-state index contributed by atoms with van der Waals surface area (Å²) >= 11 is 1.74. The Morgan fingerprint density at radius 2 is 1.96 bits per heavy atom. The van der Waals surface area contributed by atoms with Crippen molar-refractivity contribution < 1.29 is 4.79 Å². The molecule has 0 spiro atoms. The lowest BCUT2D eigenvalue weighted by Crippen LogP contribution is -2.40. The maximum absolute atomic E-state index is 12.2. The van der Waals surface area contributed by atoms with Crippen molar-refractivity contribution in [2.75, 3.05) is 0 Å². The van der Waals surface area contributed by atoms with E-state index in [1.807, 2.05) is 19.9 Å². The molecule has 1 N–H and O–H groups in total. The predicted molar refractivity (Wildman–Crippen MR) is 91.6 cm³/mol. The lowest BCUT2D eigenvalue weighted by molar-refractivity contribution is -0.122. The van der Waals surface area contributed by atoms with Gasteiger partial charge in [-0.3, -0.25) is 4.79 Å². The first-order valence-corrected chi connectivity index (χ1v) is 9.09. The van der Waals surface area contributed by atoms with Crippen LogP contribution >= 0.6 is 11.8 Å². The Kier molecular flexibility index (Phi) is 5.44. The lowest BCUT2D eigenvalue weighted by atomic mass is 9.95. The third kappa shape index (κ3) is 4.53. The maximum atomic E-state index is 12.2. The molecule has 0 bridgehead atoms. The average Bonchev–Trinajstić information content (AvgIpc) is 2.87. The van der Waals surface area contributed by atoms with E-state index in [-0.39, 0.29) is 18.5 Å². The van der Waals surface area contributed by atoms with Crippen molar-refractivity contribution in [2.24, 2.45) is 0 Å². The van der Waals surface area contributed by atoms with Gasteiger partial charge in [-0.05, 0) is 45.6 Å². The standard InChI is InChI=1S/C16H22N6OS/c1-11-19-12(2)22(21-11)10-15(23)20-13-4-6-14(7-5-13)24-16-17-8-3-9-18-16/h3,8-9,13-14H,4-7,10H2,1-2H3,(H,20,23). The summed E-state index contributed by atoms with van der Waals surface area (Å²) in [4.78, 5) is 24.9. The highest BCUT2D eigenvalue weighted by molar-refractivity contribution is 7.99. The van der Waals surface area contributed by atoms with E-state index in [9.17, 15) is 4.79 Å². The van der Waals surface area contributed by atoms with Crippen LogP contribution in [-0.4, -0.2) is 41.9 Å². The highest BCUT2D eigenvalue weighted by Crippen LogP contribution is 2.31. The zero-order valence-electron chi connectivity index (χ0n) is 14.0. The number of aromatic nitrogens is 5. The van der Waals surface area contributed by atoms with Crippen molar-refractivity contribution in [3.8, 4) is 0 Å². The van der Waals surface area contributed by atoms with Crippen LogP contribution in [0, 0.1) is 13.8 Å². The first-order valence-electron chi connectivity index (χ1n) is 8.21. The van der Waals surface area contributed by atoms with Crippen LogP contribution in [0.15, 0.2) is 23.6 Å². The highest BCUT2D eigenvalue weighted by atomic mass is 32.2. The van der Waals surface area contributed by atoms with Crippen LogP contribution < -0.4 is 5.32 Å². The lowest BCUT2D eigenvalue weighted by Gasteiger charge is -2.28. The second-order valence-corrected chi connectivity index (χ2v) is 7.32. The Bertz CT molecular complexity index is 681. The molecule has 0 radical (unpaired) electrons. The number of nitrogens with one attached hydrogen (secondary N) is 1. The molecule has 1 fully saturated rings. The molecule has 7 nitrogen and oxygen atoms in total. The van der Waals surface area contributed by atoms with Gasteiger partial charge in [0.1, 0.15) is 18.2 Å². The molecule has 0 unspecified atom stereocenters. The fourth-order valence-corrected chi connectivity index (χ4v) is 3.99. The predicted octanol–water partition coefficient (Wildman–Crippen LogP) is 1.90. The fourth-order valence-electron chi connectivity index (χ4n) is 2.94. The number of hydrogen-bond acceptors (Lipinski definition) is 6. The van der Waals surface area contributed by atoms with Crippen LogP contribution in [0.25, 0.3) is 0 Å². The second kappa shape index (κ2) is 7.74. The summed E-state index contributed by atoms with van der Waals surface area (Å²) in [6.45, 7) is 3.93. The van der Waals surface area contributed by atoms with Crippen LogP contribution in [0.3, 0.4) is 0 Å². The minimum absolute atomic E-state index is 0.00509. The molecular formula is C16H22N6OS. The monoisotopic (exact) mass is 346 g/mol. The van der Waals surface area contributed by atoms with Crippen LogP contribution in [0.5, 0.6) is 0 Å². The summed E-state index contributed by atoms with van der Waals surface area (Å²) < 4.78 is 1.65. The molecule has 0 atom stereocenters. The summed E-state index contributed by atoms with van der Waals surface area (Å²) in [7, 11) is 0. The molecule has 2 heterocycles. The van der Waals surface area contributed by atoms with Crippen molar-refractivity contribution in [1.29, 1.82) is 0 Å². The molecule has 24 heavy (non-hydrogen) atoms. The fraction of sp³-hybridized carbons (Fsp3) is 0.562. The van der Waals surface area contributed by atoms with E-state index in [0.29, 0.717) is 11.1 Å². The largest absolute Gasteiger partial charge is 0.352 e. The van der Waals surface area contributed by atoms with Crippen LogP contribution in [0.1, 0.15) is 37.3 Å². The third-order valence-corrected chi connectivity index (χ3v) is 5.34. The highest BCUT2D eigenvalue weighted by Gasteiger charge is 2.24. The summed E-state index contributed by atoms with van der Waals surface area (Å²) in [5.41, 5.74) is 0. The zero-order chi connectivity index (χ0) is 16.9. The molecule has 8 heteroatoms. The third-order valence-electron chi connectivity index (χ3n) is 4.11. The van der Waals surface area contributed by atoms with Gasteiger partial charge in [0.15, 0.2) is 5.16 Å². The Morgan fingerprint density at radius 1 is 1.25 bits per heavy atom. The van der Waals surface area contributed by atoms with E-state index in [4.69, 9.17) is 0 Å². The van der Waals surface area contributed by atoms with Gasteiger partial charge in [0.2, 0.25) is 5.91 Å². The summed E-state index contributed by atoms with van der Waals surface area (Å²) in [6, 6.07) is 2.07. The van der Waals surface area contributed by atoms with Crippen molar-refractivity contribution >= 4 is 17.7 Å². The molecular weight excluding hydrogens is 324 g/mol. The smallest absolute Gasteiger partial charge is 0.242 e. The summed E-state index contributed by atoms with van der Waals surface area (Å²) in [5.74, 6) is 1.47. The zero-order valence-corrected chi connectivity index (χ0v) is 14.8. The number of amides is 1. The van der Waals surface area contributed by atoms with E-state index < -0.39 is 0 Å². The van der Waals surface area contributed by atoms with Gasteiger partial charge in [-0.1, -0.05) is 11.8 Å². The number of carbonyl (C=O) groups excluding carboxylic acids is 1. The SMILES string of the molecule is Cc1nc(C)n(CC(=O)NC2CCC(Sc3ncccn3)CC2)n1. The van der Waals surface area contributed by atoms with Crippen LogP contribution in [0.2, 0.25) is 0 Å². The van der Waals surface area contributed by atoms with E-state index in [0.717, 1.165) is 36.7 Å². The first kappa shape index (κ1) is 16.9. The van der Waals surface area contributed by atoms with Gasteiger partial charge in [-0.15, -0.1) is 0 Å². The molecule has 0 saturated heterocycles. The molecule has 0 aromatic carbocycles. The average molecular weight is 346 g/mol. The van der Waals surface area contributed by atoms with Gasteiger partial charge in [0.05, 0.1) is 0 Å². The van der Waals surface area contributed by atoms with Crippen LogP contribution in [0.4, 0.5) is 0 Å². The van der Waals surface area contributed by atoms with Crippen molar-refractivity contribution in [1.82, 2.24) is 30.0 Å². The maximum Gasteiger partial charge on any atom is 0.242 e. The van der Waals surface area contributed by atoms with Gasteiger partial charge in [-0.25, -0.2) is 19.6 Å². The topological polar surface area (TPSA) is 85.6 Å². The summed E-state index contributed by atoms with van der Waals surface area (Å²) in [6.07, 6.45) is 7.66. The number of hydrogen-bond donors (Lipinski definition) is 1. The van der Waals surface area contributed by atoms with Crippen LogP contribution in [-0.2, 0) is 11.3 Å². The molecule has 1 saturated carbocycles. The van der Waals surface area contributed by atoms with E-state index >= 15 is 0 Å². The van der Waals surface area contributed by atoms with Gasteiger partial charge in [0.25, 0.3) is 0 Å². The number of aryl methyl sites for hydroxylation is 2. The van der Waals surface area contributed by atoms with Gasteiger partial charge in [0, 0.05) is 23.7 Å². The first-order chi connectivity index (χ1) is 11.6. The molecule has 0 aliphatic heterocycles. The van der Waals surface area contributed by atoms with Gasteiger partial charge < -0.3 is 5.32 Å². The number of thioether (sulfide) groups is 1. The molecule has 2 aromatic heterocycles. The van der Waals surface area contributed by atoms with Crippen molar-refractivity contribution in [3.63, 3.8) is 0 Å². The number of rotatable bonds is 5. The van der Waals surface area contributed by atoms with Gasteiger partial charge in [-0.2, -0.15) is 5.10 Å². The molecule has 128 valence electrons. The Morgan fingerprint density at radius 3 is 2.58 bits per heavy atom. The van der Waals surface area contributed by atoms with E-state index in [1.54, 1.807) is 28.8 Å². The molecule has 1 aliphatic rings. The second-order valence-electron chi connectivity index (χ2n) is 6.05. The molecule has 3 rings (SSSR count). The summed E-state index contributed by atoms with van der Waals surface area (Å²) in [5, 5.41) is 8.71. The number of nitrogens with zero attached hydrogens (tertiary/aromatic N) is 5.